The minimum atomic E-state index is -0.0878. The van der Waals surface area contributed by atoms with Crippen molar-refractivity contribution in [2.24, 2.45) is 11.7 Å². The molecule has 23 heavy (non-hydrogen) atoms. The zero-order valence-electron chi connectivity index (χ0n) is 15.6. The summed E-state index contributed by atoms with van der Waals surface area (Å²) in [6.07, 6.45) is 4.91. The van der Waals surface area contributed by atoms with E-state index in [9.17, 15) is 5.11 Å². The zero-order chi connectivity index (χ0) is 16.7. The van der Waals surface area contributed by atoms with Crippen LogP contribution in [0.4, 0.5) is 0 Å². The molecule has 0 bridgehead atoms. The molecule has 0 saturated heterocycles. The molecular weight excluding hydrogens is 306 g/mol. The van der Waals surface area contributed by atoms with Crippen LogP contribution < -0.4 is 5.73 Å². The normalized spacial score (nSPS) is 17.9. The Balaban J connectivity index is 0.00000264. The molecule has 0 amide bonds. The smallest absolute Gasteiger partial charge is 0.124 e. The summed E-state index contributed by atoms with van der Waals surface area (Å²) < 4.78 is 0. The number of phenolic OH excluding ortho intramolecular Hbond substituents is 1. The predicted molar refractivity (Wildman–Crippen MR) is 102 cm³/mol. The minimum Gasteiger partial charge on any atom is -0.507 e. The third kappa shape index (κ3) is 4.42. The van der Waals surface area contributed by atoms with Gasteiger partial charge in [0.25, 0.3) is 0 Å². The second-order valence-electron chi connectivity index (χ2n) is 9.03. The summed E-state index contributed by atoms with van der Waals surface area (Å²) in [5, 5.41) is 10.9. The van der Waals surface area contributed by atoms with E-state index in [1.165, 1.54) is 31.2 Å². The van der Waals surface area contributed by atoms with Crippen LogP contribution in [0.25, 0.3) is 0 Å². The average molecular weight is 340 g/mol. The number of nitrogens with two attached hydrogens (primary N) is 1. The van der Waals surface area contributed by atoms with E-state index >= 15 is 0 Å². The summed E-state index contributed by atoms with van der Waals surface area (Å²) >= 11 is 0. The standard InChI is InChI=1S/C20H33NO.ClH/c1-19(2,3)14-11-15(17(21)13-9-7-8-10-13)18(22)16(12-14)20(4,5)6;/h11-13,17,22H,7-10,21H2,1-6H3;1H/t17-;/m1./s1. The van der Waals surface area contributed by atoms with E-state index in [1.54, 1.807) is 0 Å². The number of benzene rings is 1. The van der Waals surface area contributed by atoms with Crippen LogP contribution in [-0.4, -0.2) is 5.11 Å². The molecule has 0 unspecified atom stereocenters. The van der Waals surface area contributed by atoms with Gasteiger partial charge in [-0.1, -0.05) is 60.5 Å². The molecule has 132 valence electrons. The van der Waals surface area contributed by atoms with E-state index in [4.69, 9.17) is 5.73 Å². The zero-order valence-corrected chi connectivity index (χ0v) is 16.4. The highest BCUT2D eigenvalue weighted by Gasteiger charge is 2.30. The first kappa shape index (κ1) is 20.3. The molecular formula is C20H34ClNO. The fourth-order valence-corrected chi connectivity index (χ4v) is 3.49. The molecule has 1 saturated carbocycles. The number of phenols is 1. The van der Waals surface area contributed by atoms with E-state index in [-0.39, 0.29) is 29.3 Å². The van der Waals surface area contributed by atoms with Crippen LogP contribution in [0.1, 0.15) is 90.0 Å². The number of aromatic hydroxyl groups is 1. The number of hydrogen-bond acceptors (Lipinski definition) is 2. The lowest BCUT2D eigenvalue weighted by atomic mass is 9.77. The van der Waals surface area contributed by atoms with Gasteiger partial charge in [0.1, 0.15) is 5.75 Å². The maximum atomic E-state index is 10.9. The first-order valence-electron chi connectivity index (χ1n) is 8.65. The molecule has 3 heteroatoms. The van der Waals surface area contributed by atoms with E-state index in [1.807, 2.05) is 0 Å². The van der Waals surface area contributed by atoms with Gasteiger partial charge in [-0.05, 0) is 46.8 Å². The van der Waals surface area contributed by atoms with Crippen molar-refractivity contribution in [2.45, 2.75) is 84.1 Å². The van der Waals surface area contributed by atoms with Gasteiger partial charge in [0.2, 0.25) is 0 Å². The van der Waals surface area contributed by atoms with Crippen molar-refractivity contribution in [3.05, 3.63) is 28.8 Å². The number of halogens is 1. The Morgan fingerprint density at radius 3 is 1.96 bits per heavy atom. The van der Waals surface area contributed by atoms with Crippen LogP contribution in [0.15, 0.2) is 12.1 Å². The highest BCUT2D eigenvalue weighted by Crippen LogP contribution is 2.43. The van der Waals surface area contributed by atoms with Gasteiger partial charge in [0, 0.05) is 11.6 Å². The molecule has 1 aromatic rings. The molecule has 2 rings (SSSR count). The maximum absolute atomic E-state index is 10.9. The molecule has 0 radical (unpaired) electrons. The summed E-state index contributed by atoms with van der Waals surface area (Å²) in [6, 6.07) is 4.26. The molecule has 0 aromatic heterocycles. The fraction of sp³-hybridized carbons (Fsp3) is 0.700. The van der Waals surface area contributed by atoms with Gasteiger partial charge in [-0.3, -0.25) is 0 Å². The molecule has 1 aliphatic carbocycles. The summed E-state index contributed by atoms with van der Waals surface area (Å²) in [6.45, 7) is 13.1. The third-order valence-corrected chi connectivity index (χ3v) is 5.08. The molecule has 0 aliphatic heterocycles. The van der Waals surface area contributed by atoms with Crippen LogP contribution in [-0.2, 0) is 10.8 Å². The quantitative estimate of drug-likeness (QED) is 0.736. The summed E-state index contributed by atoms with van der Waals surface area (Å²) in [5.74, 6) is 0.925. The van der Waals surface area contributed by atoms with Crippen molar-refractivity contribution in [3.8, 4) is 5.75 Å². The van der Waals surface area contributed by atoms with Gasteiger partial charge >= 0.3 is 0 Å². The van der Waals surface area contributed by atoms with Crippen LogP contribution >= 0.6 is 12.4 Å². The molecule has 0 heterocycles. The van der Waals surface area contributed by atoms with Gasteiger partial charge in [0.15, 0.2) is 0 Å². The van der Waals surface area contributed by atoms with E-state index in [0.29, 0.717) is 11.7 Å². The van der Waals surface area contributed by atoms with Crippen molar-refractivity contribution in [3.63, 3.8) is 0 Å². The lowest BCUT2D eigenvalue weighted by molar-refractivity contribution is 0.399. The van der Waals surface area contributed by atoms with Crippen molar-refractivity contribution in [2.75, 3.05) is 0 Å². The molecule has 0 spiro atoms. The SMILES string of the molecule is CC(C)(C)c1cc([C@H](N)C2CCCC2)c(O)c(C(C)(C)C)c1.Cl. The van der Waals surface area contributed by atoms with Crippen molar-refractivity contribution in [1.29, 1.82) is 0 Å². The monoisotopic (exact) mass is 339 g/mol. The molecule has 1 aliphatic rings. The van der Waals surface area contributed by atoms with E-state index in [2.05, 4.69) is 53.7 Å². The average Bonchev–Trinajstić information content (AvgIpc) is 2.89. The van der Waals surface area contributed by atoms with E-state index < -0.39 is 0 Å². The fourth-order valence-electron chi connectivity index (χ4n) is 3.49. The Hall–Kier alpha value is -0.730. The second kappa shape index (κ2) is 7.03. The van der Waals surface area contributed by atoms with Crippen molar-refractivity contribution >= 4 is 12.4 Å². The van der Waals surface area contributed by atoms with Crippen molar-refractivity contribution < 1.29 is 5.11 Å². The summed E-state index contributed by atoms with van der Waals surface area (Å²) in [7, 11) is 0. The van der Waals surface area contributed by atoms with Crippen molar-refractivity contribution in [1.82, 2.24) is 0 Å². The minimum absolute atomic E-state index is 0. The molecule has 1 fully saturated rings. The number of hydrogen-bond donors (Lipinski definition) is 2. The Morgan fingerprint density at radius 2 is 1.52 bits per heavy atom. The van der Waals surface area contributed by atoms with Crippen LogP contribution in [0.3, 0.4) is 0 Å². The molecule has 1 aromatic carbocycles. The lowest BCUT2D eigenvalue weighted by Crippen LogP contribution is -2.23. The van der Waals surface area contributed by atoms with Crippen LogP contribution in [0.5, 0.6) is 5.75 Å². The Morgan fingerprint density at radius 1 is 1.00 bits per heavy atom. The summed E-state index contributed by atoms with van der Waals surface area (Å²) in [5.41, 5.74) is 9.76. The summed E-state index contributed by atoms with van der Waals surface area (Å²) in [4.78, 5) is 0. The van der Waals surface area contributed by atoms with Gasteiger partial charge in [-0.25, -0.2) is 0 Å². The Bertz CT molecular complexity index is 534. The molecule has 2 nitrogen and oxygen atoms in total. The largest absolute Gasteiger partial charge is 0.507 e. The number of rotatable bonds is 2. The highest BCUT2D eigenvalue weighted by atomic mass is 35.5. The van der Waals surface area contributed by atoms with Gasteiger partial charge < -0.3 is 10.8 Å². The van der Waals surface area contributed by atoms with Gasteiger partial charge in [-0.2, -0.15) is 0 Å². The lowest BCUT2D eigenvalue weighted by Gasteiger charge is -2.30. The first-order chi connectivity index (χ1) is 10.0. The highest BCUT2D eigenvalue weighted by molar-refractivity contribution is 5.85. The van der Waals surface area contributed by atoms with Crippen LogP contribution in [0.2, 0.25) is 0 Å². The Labute approximate surface area is 148 Å². The van der Waals surface area contributed by atoms with E-state index in [0.717, 1.165) is 11.1 Å². The topological polar surface area (TPSA) is 46.2 Å². The Kier molecular flexibility index (Phi) is 6.21. The third-order valence-electron chi connectivity index (χ3n) is 5.08. The predicted octanol–water partition coefficient (Wildman–Crippen LogP) is 5.60. The molecule has 1 atom stereocenters. The maximum Gasteiger partial charge on any atom is 0.124 e. The van der Waals surface area contributed by atoms with Gasteiger partial charge in [-0.15, -0.1) is 12.4 Å². The van der Waals surface area contributed by atoms with Gasteiger partial charge in [0.05, 0.1) is 0 Å². The molecule has 3 N–H and O–H groups in total. The van der Waals surface area contributed by atoms with Crippen LogP contribution in [0, 0.1) is 5.92 Å². The second-order valence-corrected chi connectivity index (χ2v) is 9.03. The first-order valence-corrected chi connectivity index (χ1v) is 8.65.